The first kappa shape index (κ1) is 14.6. The summed E-state index contributed by atoms with van der Waals surface area (Å²) >= 11 is 5.37. The minimum Gasteiger partial charge on any atom is -0.453 e. The lowest BCUT2D eigenvalue weighted by Crippen LogP contribution is -2.17. The largest absolute Gasteiger partial charge is 0.453 e. The first-order chi connectivity index (χ1) is 8.46. The van der Waals surface area contributed by atoms with Gasteiger partial charge < -0.3 is 4.74 Å². The van der Waals surface area contributed by atoms with Crippen LogP contribution in [0.4, 0.5) is 16.2 Å². The second kappa shape index (κ2) is 6.46. The van der Waals surface area contributed by atoms with E-state index in [9.17, 15) is 13.2 Å². The highest BCUT2D eigenvalue weighted by Crippen LogP contribution is 2.15. The quantitative estimate of drug-likeness (QED) is 0.811. The molecule has 0 fully saturated rings. The third kappa shape index (κ3) is 4.80. The SMILES string of the molecule is COC(=O)Nc1ccc(NS(=O)(=O)CCCl)cc1. The summed E-state index contributed by atoms with van der Waals surface area (Å²) in [4.78, 5) is 10.9. The van der Waals surface area contributed by atoms with Crippen LogP contribution >= 0.6 is 11.6 Å². The molecule has 0 aliphatic rings. The van der Waals surface area contributed by atoms with Crippen molar-refractivity contribution in [3.63, 3.8) is 0 Å². The molecule has 0 aliphatic heterocycles. The number of nitrogens with one attached hydrogen (secondary N) is 2. The van der Waals surface area contributed by atoms with Gasteiger partial charge in [-0.1, -0.05) is 0 Å². The van der Waals surface area contributed by atoms with E-state index < -0.39 is 16.1 Å². The lowest BCUT2D eigenvalue weighted by atomic mass is 10.3. The van der Waals surface area contributed by atoms with Gasteiger partial charge in [-0.25, -0.2) is 13.2 Å². The molecule has 0 bridgehead atoms. The van der Waals surface area contributed by atoms with Gasteiger partial charge >= 0.3 is 6.09 Å². The third-order valence-electron chi connectivity index (χ3n) is 1.94. The summed E-state index contributed by atoms with van der Waals surface area (Å²) in [5, 5.41) is 2.45. The fourth-order valence-corrected chi connectivity index (χ4v) is 2.53. The number of hydrogen-bond acceptors (Lipinski definition) is 4. The average Bonchev–Trinajstić information content (AvgIpc) is 2.31. The van der Waals surface area contributed by atoms with E-state index in [0.29, 0.717) is 11.4 Å². The molecule has 1 aromatic carbocycles. The van der Waals surface area contributed by atoms with E-state index >= 15 is 0 Å². The van der Waals surface area contributed by atoms with Crippen LogP contribution in [0, 0.1) is 0 Å². The van der Waals surface area contributed by atoms with Crippen molar-refractivity contribution in [2.24, 2.45) is 0 Å². The Labute approximate surface area is 110 Å². The lowest BCUT2D eigenvalue weighted by molar-refractivity contribution is 0.187. The van der Waals surface area contributed by atoms with Gasteiger partial charge in [0.2, 0.25) is 10.0 Å². The Bertz CT molecular complexity index is 501. The van der Waals surface area contributed by atoms with E-state index in [4.69, 9.17) is 11.6 Å². The number of methoxy groups -OCH3 is 1. The van der Waals surface area contributed by atoms with Crippen LogP contribution in [0.1, 0.15) is 0 Å². The number of alkyl halides is 1. The second-order valence-corrected chi connectivity index (χ2v) is 5.52. The zero-order valence-electron chi connectivity index (χ0n) is 9.64. The van der Waals surface area contributed by atoms with Gasteiger partial charge in [0.25, 0.3) is 0 Å². The van der Waals surface area contributed by atoms with E-state index in [1.54, 1.807) is 12.1 Å². The van der Waals surface area contributed by atoms with Crippen molar-refractivity contribution < 1.29 is 17.9 Å². The monoisotopic (exact) mass is 292 g/mol. The average molecular weight is 293 g/mol. The van der Waals surface area contributed by atoms with Gasteiger partial charge in [0, 0.05) is 17.3 Å². The Kier molecular flexibility index (Phi) is 5.24. The number of anilines is 2. The maximum atomic E-state index is 11.4. The van der Waals surface area contributed by atoms with Gasteiger partial charge in [0.05, 0.1) is 12.9 Å². The molecule has 1 rings (SSSR count). The number of ether oxygens (including phenoxy) is 1. The number of benzene rings is 1. The van der Waals surface area contributed by atoms with Gasteiger partial charge in [0.15, 0.2) is 0 Å². The molecule has 18 heavy (non-hydrogen) atoms. The normalized spacial score (nSPS) is 10.8. The fraction of sp³-hybridized carbons (Fsp3) is 0.300. The second-order valence-electron chi connectivity index (χ2n) is 3.30. The van der Waals surface area contributed by atoms with Crippen molar-refractivity contribution >= 4 is 39.1 Å². The molecule has 1 aromatic rings. The zero-order valence-corrected chi connectivity index (χ0v) is 11.2. The molecule has 0 saturated heterocycles. The van der Waals surface area contributed by atoms with Gasteiger partial charge in [-0.05, 0) is 24.3 Å². The topological polar surface area (TPSA) is 84.5 Å². The van der Waals surface area contributed by atoms with Crippen LogP contribution in [-0.4, -0.2) is 33.3 Å². The number of sulfonamides is 1. The van der Waals surface area contributed by atoms with Gasteiger partial charge in [-0.2, -0.15) is 0 Å². The predicted molar refractivity (Wildman–Crippen MR) is 70.6 cm³/mol. The van der Waals surface area contributed by atoms with E-state index in [2.05, 4.69) is 14.8 Å². The van der Waals surface area contributed by atoms with Crippen molar-refractivity contribution in [2.75, 3.05) is 28.8 Å². The third-order valence-corrected chi connectivity index (χ3v) is 3.64. The number of carbonyl (C=O) groups excluding carboxylic acids is 1. The Morgan fingerprint density at radius 2 is 1.83 bits per heavy atom. The highest BCUT2D eigenvalue weighted by Gasteiger charge is 2.09. The maximum absolute atomic E-state index is 11.4. The summed E-state index contributed by atoms with van der Waals surface area (Å²) in [6, 6.07) is 6.15. The van der Waals surface area contributed by atoms with Crippen LogP contribution in [0.15, 0.2) is 24.3 Å². The molecular formula is C10H13ClN2O4S. The van der Waals surface area contributed by atoms with E-state index in [0.717, 1.165) is 0 Å². The van der Waals surface area contributed by atoms with Crippen molar-refractivity contribution in [1.82, 2.24) is 0 Å². The van der Waals surface area contributed by atoms with Crippen LogP contribution in [0.2, 0.25) is 0 Å². The Morgan fingerprint density at radius 3 is 2.33 bits per heavy atom. The van der Waals surface area contributed by atoms with Crippen LogP contribution in [0.5, 0.6) is 0 Å². The van der Waals surface area contributed by atoms with Gasteiger partial charge in [-0.3, -0.25) is 10.0 Å². The minimum absolute atomic E-state index is 0.0251. The summed E-state index contributed by atoms with van der Waals surface area (Å²) in [6.45, 7) is 0. The summed E-state index contributed by atoms with van der Waals surface area (Å²) in [5.41, 5.74) is 0.901. The Hall–Kier alpha value is -1.47. The van der Waals surface area contributed by atoms with E-state index in [1.165, 1.54) is 19.2 Å². The smallest absolute Gasteiger partial charge is 0.411 e. The van der Waals surface area contributed by atoms with E-state index in [-0.39, 0.29) is 11.6 Å². The predicted octanol–water partition coefficient (Wildman–Crippen LogP) is 1.85. The number of halogens is 1. The molecular weight excluding hydrogens is 280 g/mol. The molecule has 8 heteroatoms. The Morgan fingerprint density at radius 1 is 1.28 bits per heavy atom. The first-order valence-corrected chi connectivity index (χ1v) is 7.17. The van der Waals surface area contributed by atoms with Crippen LogP contribution in [-0.2, 0) is 14.8 Å². The van der Waals surface area contributed by atoms with E-state index in [1.807, 2.05) is 0 Å². The molecule has 6 nitrogen and oxygen atoms in total. The van der Waals surface area contributed by atoms with Crippen LogP contribution < -0.4 is 10.0 Å². The standard InChI is InChI=1S/C10H13ClN2O4S/c1-17-10(14)12-8-2-4-9(5-3-8)13-18(15,16)7-6-11/h2-5,13H,6-7H2,1H3,(H,12,14). The van der Waals surface area contributed by atoms with Crippen molar-refractivity contribution in [1.29, 1.82) is 0 Å². The zero-order chi connectivity index (χ0) is 13.6. The molecule has 0 atom stereocenters. The minimum atomic E-state index is -3.42. The van der Waals surface area contributed by atoms with Crippen molar-refractivity contribution in [3.8, 4) is 0 Å². The van der Waals surface area contributed by atoms with Crippen molar-refractivity contribution in [3.05, 3.63) is 24.3 Å². The number of carbonyl (C=O) groups is 1. The number of hydrogen-bond donors (Lipinski definition) is 2. The molecule has 0 heterocycles. The first-order valence-electron chi connectivity index (χ1n) is 4.98. The highest BCUT2D eigenvalue weighted by atomic mass is 35.5. The highest BCUT2D eigenvalue weighted by molar-refractivity contribution is 7.92. The molecule has 0 aliphatic carbocycles. The summed E-state index contributed by atoms with van der Waals surface area (Å²) in [7, 11) is -2.17. The molecule has 0 unspecified atom stereocenters. The molecule has 0 spiro atoms. The molecule has 2 N–H and O–H groups in total. The summed E-state index contributed by atoms with van der Waals surface area (Å²) < 4.78 is 29.6. The lowest BCUT2D eigenvalue weighted by Gasteiger charge is -2.08. The Balaban J connectivity index is 2.69. The maximum Gasteiger partial charge on any atom is 0.411 e. The number of amides is 1. The molecule has 100 valence electrons. The van der Waals surface area contributed by atoms with Crippen LogP contribution in [0.3, 0.4) is 0 Å². The molecule has 0 saturated carbocycles. The summed E-state index contributed by atoms with van der Waals surface area (Å²) in [6.07, 6.45) is -0.592. The number of rotatable bonds is 5. The molecule has 1 amide bonds. The van der Waals surface area contributed by atoms with Crippen molar-refractivity contribution in [2.45, 2.75) is 0 Å². The fourth-order valence-electron chi connectivity index (χ4n) is 1.12. The van der Waals surface area contributed by atoms with Crippen LogP contribution in [0.25, 0.3) is 0 Å². The van der Waals surface area contributed by atoms with Gasteiger partial charge in [0.1, 0.15) is 0 Å². The molecule has 0 aromatic heterocycles. The molecule has 0 radical (unpaired) electrons. The van der Waals surface area contributed by atoms with Gasteiger partial charge in [-0.15, -0.1) is 11.6 Å². The summed E-state index contributed by atoms with van der Waals surface area (Å²) in [5.74, 6) is -0.131.